The maximum absolute atomic E-state index is 4.83. The van der Waals surface area contributed by atoms with E-state index in [0.717, 1.165) is 18.2 Å². The molecule has 0 bridgehead atoms. The summed E-state index contributed by atoms with van der Waals surface area (Å²) in [5.74, 6) is 0.734. The largest absolute Gasteiger partial charge is 0.309 e. The molecule has 1 aromatic carbocycles. The first-order valence-corrected chi connectivity index (χ1v) is 8.23. The minimum atomic E-state index is 0.403. The van der Waals surface area contributed by atoms with Crippen molar-refractivity contribution in [3.05, 3.63) is 48.3 Å². The Morgan fingerprint density at radius 3 is 2.62 bits per heavy atom. The van der Waals surface area contributed by atoms with Crippen LogP contribution in [0.2, 0.25) is 0 Å². The molecule has 1 heterocycles. The van der Waals surface area contributed by atoms with Crippen LogP contribution in [0.1, 0.15) is 50.8 Å². The van der Waals surface area contributed by atoms with Crippen molar-refractivity contribution in [2.75, 3.05) is 6.54 Å². The zero-order valence-electron chi connectivity index (χ0n) is 12.8. The number of nitrogens with one attached hydrogen (secondary N) is 1. The zero-order valence-corrected chi connectivity index (χ0v) is 12.8. The monoisotopic (exact) mass is 283 g/mol. The fourth-order valence-corrected chi connectivity index (χ4v) is 3.43. The lowest BCUT2D eigenvalue weighted by molar-refractivity contribution is 0.270. The lowest BCUT2D eigenvalue weighted by Gasteiger charge is -2.29. The molecular weight excluding hydrogens is 258 g/mol. The lowest BCUT2D eigenvalue weighted by Crippen LogP contribution is -2.30. The first-order chi connectivity index (χ1) is 10.4. The lowest BCUT2D eigenvalue weighted by atomic mass is 9.82. The molecule has 21 heavy (non-hydrogen) atoms. The maximum Gasteiger partial charge on any atom is 0.0801 e. The first-order valence-electron chi connectivity index (χ1n) is 8.23. The van der Waals surface area contributed by atoms with Crippen LogP contribution < -0.4 is 5.32 Å². The molecule has 0 saturated heterocycles. The number of para-hydroxylation sites is 1. The van der Waals surface area contributed by atoms with Crippen LogP contribution in [0, 0.1) is 5.92 Å². The third-order valence-corrected chi connectivity index (χ3v) is 4.49. The summed E-state index contributed by atoms with van der Waals surface area (Å²) in [5.41, 5.74) is 2.32. The predicted molar refractivity (Wildman–Crippen MR) is 86.6 cm³/mol. The summed E-state index contributed by atoms with van der Waals surface area (Å²) in [7, 11) is 0. The van der Waals surface area contributed by atoms with E-state index in [0.29, 0.717) is 6.04 Å². The molecule has 1 aliphatic rings. The van der Waals surface area contributed by atoms with Gasteiger partial charge < -0.3 is 5.32 Å². The Balaban J connectivity index is 1.81. The molecule has 0 radical (unpaired) electrons. The van der Waals surface area contributed by atoms with Gasteiger partial charge in [-0.3, -0.25) is 0 Å². The topological polar surface area (TPSA) is 29.9 Å². The second-order valence-corrected chi connectivity index (χ2v) is 5.95. The number of hydrogen-bond acceptors (Lipinski definition) is 2. The van der Waals surface area contributed by atoms with Crippen LogP contribution >= 0.6 is 0 Å². The molecule has 0 spiro atoms. The molecule has 112 valence electrons. The van der Waals surface area contributed by atoms with Crippen LogP contribution in [0.3, 0.4) is 0 Å². The molecule has 3 rings (SSSR count). The van der Waals surface area contributed by atoms with Crippen LogP contribution in [0.5, 0.6) is 0 Å². The van der Waals surface area contributed by atoms with Crippen molar-refractivity contribution < 1.29 is 0 Å². The van der Waals surface area contributed by atoms with Gasteiger partial charge in [-0.15, -0.1) is 0 Å². The summed E-state index contributed by atoms with van der Waals surface area (Å²) < 4.78 is 1.99. The Labute approximate surface area is 127 Å². The van der Waals surface area contributed by atoms with Crippen molar-refractivity contribution in [2.24, 2.45) is 5.92 Å². The van der Waals surface area contributed by atoms with E-state index in [1.165, 1.54) is 37.8 Å². The van der Waals surface area contributed by atoms with E-state index in [9.17, 15) is 0 Å². The van der Waals surface area contributed by atoms with Crippen LogP contribution in [-0.4, -0.2) is 16.3 Å². The van der Waals surface area contributed by atoms with E-state index in [1.807, 2.05) is 10.7 Å². The second-order valence-electron chi connectivity index (χ2n) is 5.95. The van der Waals surface area contributed by atoms with Crippen molar-refractivity contribution in [1.82, 2.24) is 15.1 Å². The van der Waals surface area contributed by atoms with Crippen LogP contribution in [0.4, 0.5) is 0 Å². The Morgan fingerprint density at radius 1 is 1.14 bits per heavy atom. The predicted octanol–water partition coefficient (Wildman–Crippen LogP) is 4.10. The fraction of sp³-hybridized carbons (Fsp3) is 0.500. The molecule has 1 unspecified atom stereocenters. The molecule has 2 aromatic rings. The minimum absolute atomic E-state index is 0.403. The molecular formula is C18H25N3. The summed E-state index contributed by atoms with van der Waals surface area (Å²) in [4.78, 5) is 0. The Hall–Kier alpha value is -1.61. The third kappa shape index (κ3) is 3.35. The van der Waals surface area contributed by atoms with Gasteiger partial charge in [0, 0.05) is 6.20 Å². The molecule has 1 N–H and O–H groups in total. The number of rotatable bonds is 5. The average molecular weight is 283 g/mol. The summed E-state index contributed by atoms with van der Waals surface area (Å²) in [5, 5.41) is 8.49. The van der Waals surface area contributed by atoms with E-state index in [2.05, 4.69) is 48.8 Å². The van der Waals surface area contributed by atoms with Crippen LogP contribution in [-0.2, 0) is 0 Å². The van der Waals surface area contributed by atoms with Gasteiger partial charge in [-0.1, -0.05) is 44.4 Å². The van der Waals surface area contributed by atoms with Crippen LogP contribution in [0.15, 0.2) is 42.6 Å². The van der Waals surface area contributed by atoms with Gasteiger partial charge in [0.05, 0.1) is 17.4 Å². The second kappa shape index (κ2) is 6.90. The van der Waals surface area contributed by atoms with E-state index in [4.69, 9.17) is 5.10 Å². The Kier molecular flexibility index (Phi) is 4.71. The number of benzene rings is 1. The summed E-state index contributed by atoms with van der Waals surface area (Å²) in [6.45, 7) is 3.18. The molecule has 1 atom stereocenters. The minimum Gasteiger partial charge on any atom is -0.309 e. The normalized spacial score (nSPS) is 17.8. The molecule has 1 saturated carbocycles. The van der Waals surface area contributed by atoms with Gasteiger partial charge in [-0.2, -0.15) is 5.10 Å². The van der Waals surface area contributed by atoms with Gasteiger partial charge in [-0.25, -0.2) is 4.68 Å². The third-order valence-electron chi connectivity index (χ3n) is 4.49. The van der Waals surface area contributed by atoms with Crippen molar-refractivity contribution in [2.45, 2.75) is 45.1 Å². The van der Waals surface area contributed by atoms with E-state index < -0.39 is 0 Å². The van der Waals surface area contributed by atoms with Gasteiger partial charge >= 0.3 is 0 Å². The summed E-state index contributed by atoms with van der Waals surface area (Å²) in [6, 6.07) is 12.9. The standard InChI is InChI=1S/C18H25N3/c1-2-19-18(15-9-5-3-6-10-15)17-13-14-21(20-17)16-11-7-4-8-12-16/h4,7-8,11-15,18-19H,2-3,5-6,9-10H2,1H3. The molecule has 1 aromatic heterocycles. The number of hydrogen-bond donors (Lipinski definition) is 1. The van der Waals surface area contributed by atoms with Gasteiger partial charge in [0.15, 0.2) is 0 Å². The Morgan fingerprint density at radius 2 is 1.90 bits per heavy atom. The van der Waals surface area contributed by atoms with Crippen molar-refractivity contribution in [1.29, 1.82) is 0 Å². The molecule has 0 aliphatic heterocycles. The van der Waals surface area contributed by atoms with Crippen molar-refractivity contribution in [3.63, 3.8) is 0 Å². The first kappa shape index (κ1) is 14.3. The smallest absolute Gasteiger partial charge is 0.0801 e. The Bertz CT molecular complexity index is 541. The molecule has 3 nitrogen and oxygen atoms in total. The van der Waals surface area contributed by atoms with Gasteiger partial charge in [0.25, 0.3) is 0 Å². The average Bonchev–Trinajstić information content (AvgIpc) is 3.04. The highest BCUT2D eigenvalue weighted by atomic mass is 15.3. The van der Waals surface area contributed by atoms with Crippen LogP contribution in [0.25, 0.3) is 5.69 Å². The van der Waals surface area contributed by atoms with Gasteiger partial charge in [-0.05, 0) is 43.5 Å². The highest BCUT2D eigenvalue weighted by Crippen LogP contribution is 2.33. The van der Waals surface area contributed by atoms with Crippen molar-refractivity contribution >= 4 is 0 Å². The SMILES string of the molecule is CCNC(c1ccn(-c2ccccc2)n1)C1CCCCC1. The van der Waals surface area contributed by atoms with E-state index in [1.54, 1.807) is 0 Å². The zero-order chi connectivity index (χ0) is 14.5. The molecule has 1 aliphatic carbocycles. The number of aromatic nitrogens is 2. The van der Waals surface area contributed by atoms with Crippen molar-refractivity contribution in [3.8, 4) is 5.69 Å². The van der Waals surface area contributed by atoms with E-state index in [-0.39, 0.29) is 0 Å². The molecule has 0 amide bonds. The fourth-order valence-electron chi connectivity index (χ4n) is 3.43. The maximum atomic E-state index is 4.83. The quantitative estimate of drug-likeness (QED) is 0.895. The van der Waals surface area contributed by atoms with Gasteiger partial charge in [0.2, 0.25) is 0 Å². The van der Waals surface area contributed by atoms with Gasteiger partial charge in [0.1, 0.15) is 0 Å². The highest BCUT2D eigenvalue weighted by Gasteiger charge is 2.26. The highest BCUT2D eigenvalue weighted by molar-refractivity contribution is 5.30. The molecule has 1 fully saturated rings. The molecule has 3 heteroatoms. The summed E-state index contributed by atoms with van der Waals surface area (Å²) >= 11 is 0. The number of nitrogens with zero attached hydrogens (tertiary/aromatic N) is 2. The summed E-state index contributed by atoms with van der Waals surface area (Å²) in [6.07, 6.45) is 8.87. The van der Waals surface area contributed by atoms with E-state index >= 15 is 0 Å².